The number of pyridine rings is 1. The third kappa shape index (κ3) is 4.36. The number of para-hydroxylation sites is 1. The van der Waals surface area contributed by atoms with E-state index in [2.05, 4.69) is 85.0 Å². The molecule has 0 aliphatic carbocycles. The normalized spacial score (nSPS) is 13.2. The van der Waals surface area contributed by atoms with E-state index < -0.39 is 5.60 Å². The van der Waals surface area contributed by atoms with Crippen molar-refractivity contribution in [3.8, 4) is 0 Å². The van der Waals surface area contributed by atoms with Gasteiger partial charge in [-0.2, -0.15) is 0 Å². The molecule has 0 saturated heterocycles. The topological polar surface area (TPSA) is 25.4 Å². The van der Waals surface area contributed by atoms with Gasteiger partial charge in [-0.15, -0.1) is 23.7 Å². The predicted molar refractivity (Wildman–Crippen MR) is 124 cm³/mol. The molecule has 150 valence electrons. The van der Waals surface area contributed by atoms with Crippen LogP contribution < -0.4 is 0 Å². The van der Waals surface area contributed by atoms with Crippen molar-refractivity contribution in [3.63, 3.8) is 0 Å². The van der Waals surface area contributed by atoms with Gasteiger partial charge in [0, 0.05) is 16.8 Å². The summed E-state index contributed by atoms with van der Waals surface area (Å²) in [6.07, 6.45) is 0. The van der Waals surface area contributed by atoms with E-state index in [1.54, 1.807) is 11.3 Å². The Bertz CT molecular complexity index is 1040. The van der Waals surface area contributed by atoms with Crippen LogP contribution in [0.15, 0.2) is 84.2 Å². The van der Waals surface area contributed by atoms with Crippen LogP contribution in [0.1, 0.15) is 16.1 Å². The van der Waals surface area contributed by atoms with Gasteiger partial charge in [-0.3, -0.25) is 0 Å². The molecule has 0 fully saturated rings. The SMILES string of the molecule is CN(C)CCOC(c1ccccc1)(c1ccc2ccccc2n1)c1cccs1.Cl. The average molecular weight is 425 g/mol. The molecule has 0 spiro atoms. The number of halogens is 1. The summed E-state index contributed by atoms with van der Waals surface area (Å²) < 4.78 is 6.71. The summed E-state index contributed by atoms with van der Waals surface area (Å²) in [6, 6.07) is 27.1. The molecule has 0 saturated carbocycles. The lowest BCUT2D eigenvalue weighted by Crippen LogP contribution is -2.35. The number of likely N-dealkylation sites (N-methyl/N-ethyl adjacent to an activating group) is 1. The summed E-state index contributed by atoms with van der Waals surface area (Å²) in [5.74, 6) is 0. The minimum Gasteiger partial charge on any atom is -0.357 e. The van der Waals surface area contributed by atoms with Gasteiger partial charge in [0.2, 0.25) is 0 Å². The fourth-order valence-corrected chi connectivity index (χ4v) is 4.35. The number of aromatic nitrogens is 1. The van der Waals surface area contributed by atoms with Crippen molar-refractivity contribution >= 4 is 34.6 Å². The summed E-state index contributed by atoms with van der Waals surface area (Å²) in [5.41, 5.74) is 2.26. The van der Waals surface area contributed by atoms with E-state index in [1.165, 1.54) is 0 Å². The molecule has 4 rings (SSSR count). The number of thiophene rings is 1. The van der Waals surface area contributed by atoms with E-state index in [9.17, 15) is 0 Å². The van der Waals surface area contributed by atoms with Crippen LogP contribution in [0.4, 0.5) is 0 Å². The van der Waals surface area contributed by atoms with Crippen molar-refractivity contribution in [2.75, 3.05) is 27.2 Å². The van der Waals surface area contributed by atoms with Crippen LogP contribution in [0.3, 0.4) is 0 Å². The molecule has 3 nitrogen and oxygen atoms in total. The Labute approximate surface area is 182 Å². The highest BCUT2D eigenvalue weighted by molar-refractivity contribution is 7.10. The number of rotatable bonds is 7. The Morgan fingerprint density at radius 3 is 2.38 bits per heavy atom. The lowest BCUT2D eigenvalue weighted by atomic mass is 9.87. The van der Waals surface area contributed by atoms with Crippen LogP contribution in [0.25, 0.3) is 10.9 Å². The Morgan fingerprint density at radius 2 is 1.66 bits per heavy atom. The van der Waals surface area contributed by atoms with Gasteiger partial charge in [0.15, 0.2) is 5.60 Å². The van der Waals surface area contributed by atoms with Crippen LogP contribution in [-0.2, 0) is 10.3 Å². The molecular formula is C24H25ClN2OS. The maximum Gasteiger partial charge on any atom is 0.169 e. The second-order valence-electron chi connectivity index (χ2n) is 7.07. The van der Waals surface area contributed by atoms with E-state index in [-0.39, 0.29) is 12.4 Å². The van der Waals surface area contributed by atoms with Gasteiger partial charge in [-0.05, 0) is 43.2 Å². The Hall–Kier alpha value is -2.24. The van der Waals surface area contributed by atoms with Crippen LogP contribution in [0, 0.1) is 0 Å². The first-order valence-electron chi connectivity index (χ1n) is 9.44. The molecule has 0 radical (unpaired) electrons. The molecule has 0 N–H and O–H groups in total. The molecule has 0 amide bonds. The van der Waals surface area contributed by atoms with Crippen molar-refractivity contribution in [1.29, 1.82) is 0 Å². The van der Waals surface area contributed by atoms with Crippen molar-refractivity contribution < 1.29 is 4.74 Å². The summed E-state index contributed by atoms with van der Waals surface area (Å²) in [7, 11) is 4.12. The highest BCUT2D eigenvalue weighted by atomic mass is 35.5. The van der Waals surface area contributed by atoms with Crippen LogP contribution >= 0.6 is 23.7 Å². The van der Waals surface area contributed by atoms with Crippen molar-refractivity contribution in [3.05, 3.63) is 100 Å². The lowest BCUT2D eigenvalue weighted by molar-refractivity contribution is 0.00577. The molecule has 1 unspecified atom stereocenters. The quantitative estimate of drug-likeness (QED) is 0.386. The smallest absolute Gasteiger partial charge is 0.169 e. The highest BCUT2D eigenvalue weighted by Gasteiger charge is 2.40. The van der Waals surface area contributed by atoms with Crippen LogP contribution in [-0.4, -0.2) is 37.1 Å². The zero-order valence-electron chi connectivity index (χ0n) is 16.6. The Morgan fingerprint density at radius 1 is 0.897 bits per heavy atom. The van der Waals surface area contributed by atoms with E-state index in [4.69, 9.17) is 9.72 Å². The van der Waals surface area contributed by atoms with Crippen molar-refractivity contribution in [2.24, 2.45) is 0 Å². The van der Waals surface area contributed by atoms with Crippen molar-refractivity contribution in [2.45, 2.75) is 5.60 Å². The largest absolute Gasteiger partial charge is 0.357 e. The fourth-order valence-electron chi connectivity index (χ4n) is 3.44. The summed E-state index contributed by atoms with van der Waals surface area (Å²) in [5, 5.41) is 3.23. The lowest BCUT2D eigenvalue weighted by Gasteiger charge is -2.34. The second kappa shape index (κ2) is 9.51. The Kier molecular flexibility index (Phi) is 7.04. The minimum atomic E-state index is -0.727. The molecule has 2 aromatic carbocycles. The second-order valence-corrected chi connectivity index (χ2v) is 8.01. The van der Waals surface area contributed by atoms with Gasteiger partial charge < -0.3 is 9.64 Å². The maximum atomic E-state index is 6.71. The molecule has 2 heterocycles. The summed E-state index contributed by atoms with van der Waals surface area (Å²) >= 11 is 1.71. The molecule has 1 atom stereocenters. The van der Waals surface area contributed by atoms with Crippen molar-refractivity contribution in [1.82, 2.24) is 9.88 Å². The number of hydrogen-bond acceptors (Lipinski definition) is 4. The molecule has 4 aromatic rings. The van der Waals surface area contributed by atoms with Gasteiger partial charge in [0.25, 0.3) is 0 Å². The monoisotopic (exact) mass is 424 g/mol. The third-order valence-corrected chi connectivity index (χ3v) is 5.84. The molecule has 0 aliphatic rings. The molecule has 0 aliphatic heterocycles. The third-order valence-electron chi connectivity index (χ3n) is 4.86. The first-order chi connectivity index (χ1) is 13.7. The molecular weight excluding hydrogens is 400 g/mol. The number of benzene rings is 2. The number of hydrogen-bond donors (Lipinski definition) is 0. The highest BCUT2D eigenvalue weighted by Crippen LogP contribution is 2.42. The number of fused-ring (bicyclic) bond motifs is 1. The zero-order valence-corrected chi connectivity index (χ0v) is 18.2. The van der Waals surface area contributed by atoms with Gasteiger partial charge in [-0.1, -0.05) is 60.7 Å². The fraction of sp³-hybridized carbons (Fsp3) is 0.208. The summed E-state index contributed by atoms with van der Waals surface area (Å²) in [6.45, 7) is 1.45. The van der Waals surface area contributed by atoms with Gasteiger partial charge in [0.05, 0.1) is 17.8 Å². The molecule has 0 bridgehead atoms. The molecule has 29 heavy (non-hydrogen) atoms. The van der Waals surface area contributed by atoms with Gasteiger partial charge in [-0.25, -0.2) is 4.98 Å². The number of nitrogens with zero attached hydrogens (tertiary/aromatic N) is 2. The Balaban J connectivity index is 0.00000240. The first kappa shape index (κ1) is 21.5. The van der Waals surface area contributed by atoms with Gasteiger partial charge in [0.1, 0.15) is 0 Å². The van der Waals surface area contributed by atoms with Crippen LogP contribution in [0.2, 0.25) is 0 Å². The molecule has 2 aromatic heterocycles. The minimum absolute atomic E-state index is 0. The van der Waals surface area contributed by atoms with Gasteiger partial charge >= 0.3 is 0 Å². The maximum absolute atomic E-state index is 6.71. The number of ether oxygens (including phenoxy) is 1. The zero-order chi connectivity index (χ0) is 19.4. The average Bonchev–Trinajstić information content (AvgIpc) is 3.27. The van der Waals surface area contributed by atoms with E-state index >= 15 is 0 Å². The summed E-state index contributed by atoms with van der Waals surface area (Å²) in [4.78, 5) is 8.32. The first-order valence-corrected chi connectivity index (χ1v) is 10.3. The predicted octanol–water partition coefficient (Wildman–Crippen LogP) is 5.59. The van der Waals surface area contributed by atoms with E-state index in [0.29, 0.717) is 6.61 Å². The molecule has 5 heteroatoms. The van der Waals surface area contributed by atoms with E-state index in [1.807, 2.05) is 18.2 Å². The van der Waals surface area contributed by atoms with E-state index in [0.717, 1.165) is 33.6 Å². The van der Waals surface area contributed by atoms with Crippen LogP contribution in [0.5, 0.6) is 0 Å². The standard InChI is InChI=1S/C24H24N2OS.ClH/c1-26(2)16-17-27-24(23-13-8-18-28-23,20-10-4-3-5-11-20)22-15-14-19-9-6-7-12-21(19)25-22;/h3-15,18H,16-17H2,1-2H3;1H.